The fourth-order valence-corrected chi connectivity index (χ4v) is 4.52. The van der Waals surface area contributed by atoms with Crippen molar-refractivity contribution < 1.29 is 0 Å². The van der Waals surface area contributed by atoms with E-state index in [0.29, 0.717) is 6.04 Å². The summed E-state index contributed by atoms with van der Waals surface area (Å²) >= 11 is 2.04. The van der Waals surface area contributed by atoms with Gasteiger partial charge in [-0.05, 0) is 50.8 Å². The van der Waals surface area contributed by atoms with Gasteiger partial charge < -0.3 is 5.32 Å². The number of hydrogen-bond acceptors (Lipinski definition) is 2. The summed E-state index contributed by atoms with van der Waals surface area (Å²) in [7, 11) is 0. The van der Waals surface area contributed by atoms with Gasteiger partial charge in [-0.2, -0.15) is 0 Å². The molecule has 2 rings (SSSR count). The predicted octanol–water partition coefficient (Wildman–Crippen LogP) is 4.95. The van der Waals surface area contributed by atoms with Crippen molar-refractivity contribution in [2.24, 2.45) is 5.92 Å². The van der Waals surface area contributed by atoms with Gasteiger partial charge in [0.25, 0.3) is 0 Å². The Morgan fingerprint density at radius 3 is 2.65 bits per heavy atom. The van der Waals surface area contributed by atoms with Crippen molar-refractivity contribution in [1.82, 2.24) is 5.32 Å². The van der Waals surface area contributed by atoms with E-state index in [-0.39, 0.29) is 0 Å². The van der Waals surface area contributed by atoms with Crippen LogP contribution in [0.25, 0.3) is 0 Å². The molecule has 0 radical (unpaired) electrons. The van der Waals surface area contributed by atoms with Gasteiger partial charge in [-0.15, -0.1) is 11.8 Å². The zero-order valence-electron chi connectivity index (χ0n) is 13.2. The molecule has 0 heterocycles. The van der Waals surface area contributed by atoms with Crippen LogP contribution in [0.15, 0.2) is 23.1 Å². The quantitative estimate of drug-likeness (QED) is 0.744. The highest BCUT2D eigenvalue weighted by Gasteiger charge is 2.23. The SMILES string of the molecule is CCNC(CSc1cc(C)ccc1C)C1CCCCC1. The van der Waals surface area contributed by atoms with Gasteiger partial charge in [-0.3, -0.25) is 0 Å². The van der Waals surface area contributed by atoms with E-state index in [1.807, 2.05) is 11.8 Å². The fraction of sp³-hybridized carbons (Fsp3) is 0.667. The second-order valence-electron chi connectivity index (χ2n) is 6.14. The maximum atomic E-state index is 3.74. The number of nitrogens with one attached hydrogen (secondary N) is 1. The second-order valence-corrected chi connectivity index (χ2v) is 7.20. The molecule has 20 heavy (non-hydrogen) atoms. The molecule has 1 aromatic rings. The van der Waals surface area contributed by atoms with Crippen molar-refractivity contribution in [3.8, 4) is 0 Å². The number of aryl methyl sites for hydroxylation is 2. The smallest absolute Gasteiger partial charge is 0.0189 e. The van der Waals surface area contributed by atoms with Crippen LogP contribution >= 0.6 is 11.8 Å². The average Bonchev–Trinajstić information content (AvgIpc) is 2.47. The monoisotopic (exact) mass is 291 g/mol. The molecule has 0 aliphatic heterocycles. The Hall–Kier alpha value is -0.470. The van der Waals surface area contributed by atoms with Gasteiger partial charge in [0.1, 0.15) is 0 Å². The first-order valence-electron chi connectivity index (χ1n) is 8.14. The summed E-state index contributed by atoms with van der Waals surface area (Å²) in [6, 6.07) is 7.48. The summed E-state index contributed by atoms with van der Waals surface area (Å²) in [5.41, 5.74) is 2.79. The van der Waals surface area contributed by atoms with Crippen LogP contribution in [-0.2, 0) is 0 Å². The maximum absolute atomic E-state index is 3.74. The van der Waals surface area contributed by atoms with Gasteiger partial charge in [0, 0.05) is 16.7 Å². The molecule has 1 aliphatic carbocycles. The molecule has 1 fully saturated rings. The molecule has 1 N–H and O–H groups in total. The normalized spacial score (nSPS) is 18.1. The standard InChI is InChI=1S/C18H29NS/c1-4-19-17(16-8-6-5-7-9-16)13-20-18-12-14(2)10-11-15(18)3/h10-12,16-17,19H,4-9,13H2,1-3H3. The maximum Gasteiger partial charge on any atom is 0.0189 e. The predicted molar refractivity (Wildman–Crippen MR) is 90.7 cm³/mol. The summed E-state index contributed by atoms with van der Waals surface area (Å²) in [6.45, 7) is 7.74. The molecule has 0 bridgehead atoms. The van der Waals surface area contributed by atoms with E-state index in [9.17, 15) is 0 Å². The zero-order chi connectivity index (χ0) is 14.4. The Morgan fingerprint density at radius 1 is 1.20 bits per heavy atom. The third-order valence-electron chi connectivity index (χ3n) is 4.45. The molecular formula is C18H29NS. The van der Waals surface area contributed by atoms with Crippen LogP contribution in [0.2, 0.25) is 0 Å². The minimum absolute atomic E-state index is 0.685. The van der Waals surface area contributed by atoms with Crippen LogP contribution in [0.5, 0.6) is 0 Å². The minimum Gasteiger partial charge on any atom is -0.313 e. The van der Waals surface area contributed by atoms with Crippen molar-refractivity contribution in [2.75, 3.05) is 12.3 Å². The van der Waals surface area contributed by atoms with Gasteiger partial charge in [0.15, 0.2) is 0 Å². The van der Waals surface area contributed by atoms with E-state index < -0.39 is 0 Å². The lowest BCUT2D eigenvalue weighted by Crippen LogP contribution is -2.39. The summed E-state index contributed by atoms with van der Waals surface area (Å²) in [5, 5.41) is 3.74. The third-order valence-corrected chi connectivity index (χ3v) is 5.72. The number of hydrogen-bond donors (Lipinski definition) is 1. The van der Waals surface area contributed by atoms with E-state index in [0.717, 1.165) is 12.5 Å². The van der Waals surface area contributed by atoms with Gasteiger partial charge in [0.05, 0.1) is 0 Å². The van der Waals surface area contributed by atoms with E-state index in [1.54, 1.807) is 0 Å². The summed E-state index contributed by atoms with van der Waals surface area (Å²) in [5.74, 6) is 2.10. The van der Waals surface area contributed by atoms with Gasteiger partial charge in [-0.1, -0.05) is 43.9 Å². The van der Waals surface area contributed by atoms with Crippen molar-refractivity contribution >= 4 is 11.8 Å². The molecule has 1 aromatic carbocycles. The summed E-state index contributed by atoms with van der Waals surface area (Å²) in [6.07, 6.45) is 7.15. The van der Waals surface area contributed by atoms with Crippen LogP contribution in [0.1, 0.15) is 50.2 Å². The highest BCUT2D eigenvalue weighted by Crippen LogP contribution is 2.31. The molecule has 1 aliphatic rings. The molecule has 1 unspecified atom stereocenters. The first kappa shape index (κ1) is 15.9. The van der Waals surface area contributed by atoms with Crippen LogP contribution in [-0.4, -0.2) is 18.3 Å². The molecule has 0 saturated heterocycles. The Balaban J connectivity index is 1.95. The number of benzene rings is 1. The number of thioether (sulfide) groups is 1. The molecular weight excluding hydrogens is 262 g/mol. The molecule has 1 atom stereocenters. The highest BCUT2D eigenvalue weighted by molar-refractivity contribution is 7.99. The van der Waals surface area contributed by atoms with Gasteiger partial charge in [0.2, 0.25) is 0 Å². The lowest BCUT2D eigenvalue weighted by molar-refractivity contribution is 0.288. The minimum atomic E-state index is 0.685. The van der Waals surface area contributed by atoms with E-state index >= 15 is 0 Å². The van der Waals surface area contributed by atoms with E-state index in [1.165, 1.54) is 53.9 Å². The molecule has 0 aromatic heterocycles. The lowest BCUT2D eigenvalue weighted by atomic mass is 9.84. The molecule has 1 saturated carbocycles. The second kappa shape index (κ2) is 8.09. The van der Waals surface area contributed by atoms with Crippen LogP contribution in [0, 0.1) is 19.8 Å². The van der Waals surface area contributed by atoms with Crippen LogP contribution < -0.4 is 5.32 Å². The topological polar surface area (TPSA) is 12.0 Å². The molecule has 0 spiro atoms. The van der Waals surface area contributed by atoms with Crippen molar-refractivity contribution in [2.45, 2.75) is 63.8 Å². The fourth-order valence-electron chi connectivity index (χ4n) is 3.20. The zero-order valence-corrected chi connectivity index (χ0v) is 14.1. The molecule has 2 heteroatoms. The molecule has 1 nitrogen and oxygen atoms in total. The molecule has 112 valence electrons. The van der Waals surface area contributed by atoms with Crippen molar-refractivity contribution in [3.63, 3.8) is 0 Å². The number of rotatable bonds is 6. The summed E-state index contributed by atoms with van der Waals surface area (Å²) in [4.78, 5) is 1.46. The van der Waals surface area contributed by atoms with E-state index in [4.69, 9.17) is 0 Å². The Bertz CT molecular complexity index is 410. The van der Waals surface area contributed by atoms with Gasteiger partial charge in [-0.25, -0.2) is 0 Å². The lowest BCUT2D eigenvalue weighted by Gasteiger charge is -2.30. The average molecular weight is 292 g/mol. The van der Waals surface area contributed by atoms with Crippen LogP contribution in [0.4, 0.5) is 0 Å². The van der Waals surface area contributed by atoms with E-state index in [2.05, 4.69) is 44.3 Å². The Labute approximate surface area is 128 Å². The molecule has 0 amide bonds. The first-order chi connectivity index (χ1) is 9.70. The highest BCUT2D eigenvalue weighted by atomic mass is 32.2. The van der Waals surface area contributed by atoms with Crippen molar-refractivity contribution in [3.05, 3.63) is 29.3 Å². The first-order valence-corrected chi connectivity index (χ1v) is 9.12. The summed E-state index contributed by atoms with van der Waals surface area (Å²) < 4.78 is 0. The van der Waals surface area contributed by atoms with Crippen molar-refractivity contribution in [1.29, 1.82) is 0 Å². The Morgan fingerprint density at radius 2 is 1.95 bits per heavy atom. The van der Waals surface area contributed by atoms with Crippen LogP contribution in [0.3, 0.4) is 0 Å². The largest absolute Gasteiger partial charge is 0.313 e. The Kier molecular flexibility index (Phi) is 6.44. The van der Waals surface area contributed by atoms with Gasteiger partial charge >= 0.3 is 0 Å². The third kappa shape index (κ3) is 4.53.